The minimum absolute atomic E-state index is 0.282. The summed E-state index contributed by atoms with van der Waals surface area (Å²) in [5.74, 6) is 0.461. The molecule has 0 amide bonds. The second-order valence-corrected chi connectivity index (χ2v) is 4.70. The first-order valence-electron chi connectivity index (χ1n) is 6.56. The van der Waals surface area contributed by atoms with E-state index in [0.29, 0.717) is 11.2 Å². The second kappa shape index (κ2) is 4.92. The second-order valence-electron chi connectivity index (χ2n) is 4.70. The molecular weight excluding hydrogens is 255 g/mol. The van der Waals surface area contributed by atoms with Gasteiger partial charge >= 0.3 is 0 Å². The van der Waals surface area contributed by atoms with Crippen molar-refractivity contribution in [3.05, 3.63) is 42.3 Å². The van der Waals surface area contributed by atoms with E-state index >= 15 is 0 Å². The standard InChI is InChI=1S/C15H15FN4/c1-2-7-20-14-6-3-10(16)8-13(14)19-15(20)12-5-4-11(17)9-18-12/h3-6,8-9H,2,7,17H2,1H3. The highest BCUT2D eigenvalue weighted by molar-refractivity contribution is 5.80. The van der Waals surface area contributed by atoms with Crippen molar-refractivity contribution in [3.63, 3.8) is 0 Å². The summed E-state index contributed by atoms with van der Waals surface area (Å²) < 4.78 is 15.4. The third-order valence-electron chi connectivity index (χ3n) is 3.17. The molecule has 0 saturated carbocycles. The summed E-state index contributed by atoms with van der Waals surface area (Å²) in [7, 11) is 0. The third kappa shape index (κ3) is 2.11. The van der Waals surface area contributed by atoms with E-state index in [2.05, 4.69) is 21.5 Å². The van der Waals surface area contributed by atoms with Gasteiger partial charge in [0.15, 0.2) is 5.82 Å². The Bertz CT molecular complexity index is 746. The quantitative estimate of drug-likeness (QED) is 0.795. The average Bonchev–Trinajstić information content (AvgIpc) is 2.78. The first-order chi connectivity index (χ1) is 9.69. The van der Waals surface area contributed by atoms with Crippen LogP contribution in [0.15, 0.2) is 36.5 Å². The molecule has 3 aromatic rings. The Labute approximate surface area is 116 Å². The molecule has 0 bridgehead atoms. The Morgan fingerprint density at radius 3 is 2.80 bits per heavy atom. The lowest BCUT2D eigenvalue weighted by molar-refractivity contribution is 0.629. The van der Waals surface area contributed by atoms with E-state index in [9.17, 15) is 4.39 Å². The van der Waals surface area contributed by atoms with Crippen LogP contribution >= 0.6 is 0 Å². The number of hydrogen-bond acceptors (Lipinski definition) is 3. The molecule has 0 atom stereocenters. The van der Waals surface area contributed by atoms with Crippen molar-refractivity contribution < 1.29 is 4.39 Å². The van der Waals surface area contributed by atoms with Gasteiger partial charge in [-0.25, -0.2) is 9.37 Å². The molecule has 0 aliphatic carbocycles. The molecule has 0 saturated heterocycles. The molecular formula is C15H15FN4. The molecule has 20 heavy (non-hydrogen) atoms. The number of imidazole rings is 1. The van der Waals surface area contributed by atoms with Crippen molar-refractivity contribution in [3.8, 4) is 11.5 Å². The van der Waals surface area contributed by atoms with Gasteiger partial charge in [0.05, 0.1) is 22.9 Å². The zero-order chi connectivity index (χ0) is 14.1. The minimum atomic E-state index is -0.282. The summed E-state index contributed by atoms with van der Waals surface area (Å²) in [5.41, 5.74) is 8.57. The number of nitrogens with zero attached hydrogens (tertiary/aromatic N) is 3. The summed E-state index contributed by atoms with van der Waals surface area (Å²) in [6, 6.07) is 8.28. The number of fused-ring (bicyclic) bond motifs is 1. The number of anilines is 1. The Hall–Kier alpha value is -2.43. The first kappa shape index (κ1) is 12.6. The van der Waals surface area contributed by atoms with Gasteiger partial charge in [0.2, 0.25) is 0 Å². The van der Waals surface area contributed by atoms with Crippen LogP contribution in [0, 0.1) is 5.82 Å². The summed E-state index contributed by atoms with van der Waals surface area (Å²) in [6.45, 7) is 2.90. The Morgan fingerprint density at radius 1 is 1.25 bits per heavy atom. The van der Waals surface area contributed by atoms with Gasteiger partial charge in [0.1, 0.15) is 11.5 Å². The molecule has 0 aliphatic heterocycles. The number of nitrogen functional groups attached to an aromatic ring is 1. The normalized spacial score (nSPS) is 11.1. The number of pyridine rings is 1. The highest BCUT2D eigenvalue weighted by atomic mass is 19.1. The lowest BCUT2D eigenvalue weighted by Crippen LogP contribution is -2.01. The fraction of sp³-hybridized carbons (Fsp3) is 0.200. The van der Waals surface area contributed by atoms with Crippen LogP contribution in [0.1, 0.15) is 13.3 Å². The molecule has 2 aromatic heterocycles. The number of aryl methyl sites for hydroxylation is 1. The molecule has 3 rings (SSSR count). The topological polar surface area (TPSA) is 56.7 Å². The average molecular weight is 270 g/mol. The molecule has 0 spiro atoms. The molecule has 0 fully saturated rings. The van der Waals surface area contributed by atoms with Gasteiger partial charge in [0, 0.05) is 12.6 Å². The highest BCUT2D eigenvalue weighted by Gasteiger charge is 2.13. The smallest absolute Gasteiger partial charge is 0.159 e. The lowest BCUT2D eigenvalue weighted by atomic mass is 10.3. The van der Waals surface area contributed by atoms with Crippen molar-refractivity contribution in [2.75, 3.05) is 5.73 Å². The van der Waals surface area contributed by atoms with Gasteiger partial charge in [-0.15, -0.1) is 0 Å². The number of benzene rings is 1. The Balaban J connectivity index is 2.22. The van der Waals surface area contributed by atoms with E-state index in [0.717, 1.165) is 30.0 Å². The minimum Gasteiger partial charge on any atom is -0.397 e. The Morgan fingerprint density at radius 2 is 2.10 bits per heavy atom. The summed E-state index contributed by atoms with van der Waals surface area (Å²) in [4.78, 5) is 8.82. The van der Waals surface area contributed by atoms with Crippen molar-refractivity contribution in [2.24, 2.45) is 0 Å². The van der Waals surface area contributed by atoms with E-state index in [-0.39, 0.29) is 5.82 Å². The largest absolute Gasteiger partial charge is 0.397 e. The molecule has 2 N–H and O–H groups in total. The first-order valence-corrected chi connectivity index (χ1v) is 6.56. The van der Waals surface area contributed by atoms with Crippen LogP contribution < -0.4 is 5.73 Å². The monoisotopic (exact) mass is 270 g/mol. The molecule has 2 heterocycles. The number of aromatic nitrogens is 3. The number of rotatable bonds is 3. The number of nitrogens with two attached hydrogens (primary N) is 1. The zero-order valence-corrected chi connectivity index (χ0v) is 11.2. The van der Waals surface area contributed by atoms with E-state index < -0.39 is 0 Å². The summed E-state index contributed by atoms with van der Waals surface area (Å²) in [5, 5.41) is 0. The van der Waals surface area contributed by atoms with Crippen molar-refractivity contribution >= 4 is 16.7 Å². The predicted molar refractivity (Wildman–Crippen MR) is 77.6 cm³/mol. The predicted octanol–water partition coefficient (Wildman–Crippen LogP) is 3.23. The molecule has 0 unspecified atom stereocenters. The molecule has 0 radical (unpaired) electrons. The lowest BCUT2D eigenvalue weighted by Gasteiger charge is -2.07. The van der Waals surface area contributed by atoms with Crippen LogP contribution in [0.3, 0.4) is 0 Å². The van der Waals surface area contributed by atoms with Gasteiger partial charge in [-0.1, -0.05) is 6.92 Å². The van der Waals surface area contributed by atoms with Crippen molar-refractivity contribution in [2.45, 2.75) is 19.9 Å². The fourth-order valence-corrected chi connectivity index (χ4v) is 2.29. The zero-order valence-electron chi connectivity index (χ0n) is 11.2. The van der Waals surface area contributed by atoms with Crippen LogP contribution in [0.5, 0.6) is 0 Å². The molecule has 4 nitrogen and oxygen atoms in total. The Kier molecular flexibility index (Phi) is 3.10. The van der Waals surface area contributed by atoms with Gasteiger partial charge in [-0.3, -0.25) is 4.98 Å². The van der Waals surface area contributed by atoms with Gasteiger partial charge in [-0.2, -0.15) is 0 Å². The van der Waals surface area contributed by atoms with Crippen LogP contribution in [0.25, 0.3) is 22.6 Å². The fourth-order valence-electron chi connectivity index (χ4n) is 2.29. The van der Waals surface area contributed by atoms with Gasteiger partial charge < -0.3 is 10.3 Å². The van der Waals surface area contributed by atoms with Gasteiger partial charge in [0.25, 0.3) is 0 Å². The van der Waals surface area contributed by atoms with Crippen LogP contribution in [0.2, 0.25) is 0 Å². The number of hydrogen-bond donors (Lipinski definition) is 1. The summed E-state index contributed by atoms with van der Waals surface area (Å²) >= 11 is 0. The van der Waals surface area contributed by atoms with Crippen LogP contribution in [-0.4, -0.2) is 14.5 Å². The molecule has 5 heteroatoms. The molecule has 102 valence electrons. The van der Waals surface area contributed by atoms with Crippen LogP contribution in [0.4, 0.5) is 10.1 Å². The van der Waals surface area contributed by atoms with Gasteiger partial charge in [-0.05, 0) is 30.7 Å². The molecule has 1 aromatic carbocycles. The van der Waals surface area contributed by atoms with E-state index in [1.165, 1.54) is 12.1 Å². The third-order valence-corrected chi connectivity index (χ3v) is 3.17. The number of halogens is 1. The van der Waals surface area contributed by atoms with Crippen LogP contribution in [-0.2, 0) is 6.54 Å². The van der Waals surface area contributed by atoms with E-state index in [4.69, 9.17) is 5.73 Å². The van der Waals surface area contributed by atoms with Crippen molar-refractivity contribution in [1.82, 2.24) is 14.5 Å². The van der Waals surface area contributed by atoms with Crippen molar-refractivity contribution in [1.29, 1.82) is 0 Å². The van der Waals surface area contributed by atoms with E-state index in [1.54, 1.807) is 18.3 Å². The maximum Gasteiger partial charge on any atom is 0.159 e. The molecule has 0 aliphatic rings. The maximum absolute atomic E-state index is 13.3. The highest BCUT2D eigenvalue weighted by Crippen LogP contribution is 2.24. The SMILES string of the molecule is CCCn1c(-c2ccc(N)cn2)nc2cc(F)ccc21. The maximum atomic E-state index is 13.3. The van der Waals surface area contributed by atoms with E-state index in [1.807, 2.05) is 6.07 Å². The summed E-state index contributed by atoms with van der Waals surface area (Å²) in [6.07, 6.45) is 2.57.